The van der Waals surface area contributed by atoms with Crippen molar-refractivity contribution in [2.45, 2.75) is 19.9 Å². The lowest BCUT2D eigenvalue weighted by molar-refractivity contribution is -0.384. The van der Waals surface area contributed by atoms with Crippen LogP contribution in [-0.2, 0) is 9.59 Å². The Labute approximate surface area is 165 Å². The van der Waals surface area contributed by atoms with E-state index >= 15 is 0 Å². The van der Waals surface area contributed by atoms with Crippen molar-refractivity contribution in [3.8, 4) is 5.75 Å². The second kappa shape index (κ2) is 9.56. The van der Waals surface area contributed by atoms with E-state index in [9.17, 15) is 19.7 Å². The number of nitro groups is 1. The Morgan fingerprint density at radius 2 is 1.93 bits per heavy atom. The number of Topliss-reactive ketones (excluding diaryl/α,β-unsaturated/α-hetero) is 1. The quantitative estimate of drug-likeness (QED) is 0.303. The number of halogens is 1. The summed E-state index contributed by atoms with van der Waals surface area (Å²) in [6.45, 7) is 3.54. The number of ketones is 1. The van der Waals surface area contributed by atoms with Gasteiger partial charge in [0.2, 0.25) is 6.04 Å². The number of amides is 1. The molecule has 0 aliphatic heterocycles. The van der Waals surface area contributed by atoms with Crippen LogP contribution in [0.5, 0.6) is 5.75 Å². The summed E-state index contributed by atoms with van der Waals surface area (Å²) in [4.78, 5) is 34.6. The van der Waals surface area contributed by atoms with Crippen molar-refractivity contribution in [3.05, 3.63) is 57.6 Å². The van der Waals surface area contributed by atoms with Crippen molar-refractivity contribution in [2.75, 3.05) is 11.9 Å². The minimum atomic E-state index is -1.46. The highest BCUT2D eigenvalue weighted by molar-refractivity contribution is 6.30. The molecule has 0 aliphatic rings. The smallest absolute Gasteiger partial charge is 0.298 e. The number of nitrogens with zero attached hydrogens (tertiary/aromatic N) is 3. The van der Waals surface area contributed by atoms with Gasteiger partial charge < -0.3 is 10.1 Å². The first-order valence-electron chi connectivity index (χ1n) is 8.20. The standard InChI is InChI=1S/C18H17ClN4O5/c1-3-28-14-7-5-13(6-8-14)20-18(25)17(11(2)24)22-21-15-9-4-12(19)10-16(15)23(26)27/h4-10,17H,3H2,1-2H3,(H,20,25)/t17-/m1/s1. The molecule has 9 nitrogen and oxygen atoms in total. The Balaban J connectivity index is 2.19. The van der Waals surface area contributed by atoms with Crippen LogP contribution in [0.1, 0.15) is 13.8 Å². The molecule has 0 saturated heterocycles. The lowest BCUT2D eigenvalue weighted by atomic mass is 10.2. The fraction of sp³-hybridized carbons (Fsp3) is 0.222. The Morgan fingerprint density at radius 1 is 1.25 bits per heavy atom. The predicted molar refractivity (Wildman–Crippen MR) is 103 cm³/mol. The monoisotopic (exact) mass is 404 g/mol. The van der Waals surface area contributed by atoms with Crippen LogP contribution < -0.4 is 10.1 Å². The molecule has 28 heavy (non-hydrogen) atoms. The summed E-state index contributed by atoms with van der Waals surface area (Å²) >= 11 is 5.74. The molecule has 0 aliphatic carbocycles. The SMILES string of the molecule is CCOc1ccc(NC(=O)[C@H](N=Nc2ccc(Cl)cc2[N+](=O)[O-])C(C)=O)cc1. The van der Waals surface area contributed by atoms with Crippen molar-refractivity contribution in [3.63, 3.8) is 0 Å². The third-order valence-electron chi connectivity index (χ3n) is 3.48. The van der Waals surface area contributed by atoms with Crippen LogP contribution in [0.15, 0.2) is 52.7 Å². The van der Waals surface area contributed by atoms with E-state index < -0.39 is 22.7 Å². The van der Waals surface area contributed by atoms with Gasteiger partial charge in [0, 0.05) is 16.8 Å². The molecule has 0 spiro atoms. The van der Waals surface area contributed by atoms with E-state index in [1.807, 2.05) is 6.92 Å². The molecule has 2 aromatic rings. The van der Waals surface area contributed by atoms with Crippen LogP contribution in [0.2, 0.25) is 5.02 Å². The van der Waals surface area contributed by atoms with Crippen LogP contribution in [0, 0.1) is 10.1 Å². The number of nitro benzene ring substituents is 1. The van der Waals surface area contributed by atoms with Gasteiger partial charge in [0.25, 0.3) is 11.6 Å². The maximum Gasteiger partial charge on any atom is 0.298 e. The molecule has 0 unspecified atom stereocenters. The number of rotatable bonds is 8. The van der Waals surface area contributed by atoms with Crippen molar-refractivity contribution < 1.29 is 19.2 Å². The first-order chi connectivity index (χ1) is 13.3. The van der Waals surface area contributed by atoms with E-state index in [1.165, 1.54) is 19.1 Å². The molecule has 1 N–H and O–H groups in total. The second-order valence-corrected chi connectivity index (χ2v) is 6.00. The highest BCUT2D eigenvalue weighted by Gasteiger charge is 2.24. The molecule has 0 radical (unpaired) electrons. The molecule has 0 aromatic heterocycles. The zero-order chi connectivity index (χ0) is 20.7. The van der Waals surface area contributed by atoms with E-state index in [-0.39, 0.29) is 16.4 Å². The van der Waals surface area contributed by atoms with Crippen LogP contribution in [0.25, 0.3) is 0 Å². The highest BCUT2D eigenvalue weighted by Crippen LogP contribution is 2.30. The second-order valence-electron chi connectivity index (χ2n) is 5.57. The zero-order valence-electron chi connectivity index (χ0n) is 15.1. The molecule has 2 aromatic carbocycles. The maximum atomic E-state index is 12.4. The maximum absolute atomic E-state index is 12.4. The van der Waals surface area contributed by atoms with Crippen molar-refractivity contribution >= 4 is 40.4 Å². The van der Waals surface area contributed by atoms with Crippen molar-refractivity contribution in [1.82, 2.24) is 0 Å². The largest absolute Gasteiger partial charge is 0.494 e. The van der Waals surface area contributed by atoms with Crippen LogP contribution in [0.4, 0.5) is 17.1 Å². The van der Waals surface area contributed by atoms with E-state index in [1.54, 1.807) is 24.3 Å². The van der Waals surface area contributed by atoms with Gasteiger partial charge >= 0.3 is 0 Å². The number of ether oxygens (including phenoxy) is 1. The number of nitrogens with one attached hydrogen (secondary N) is 1. The lowest BCUT2D eigenvalue weighted by Gasteiger charge is -2.10. The summed E-state index contributed by atoms with van der Waals surface area (Å²) < 4.78 is 5.31. The number of carbonyl (C=O) groups excluding carboxylic acids is 2. The highest BCUT2D eigenvalue weighted by atomic mass is 35.5. The van der Waals surface area contributed by atoms with Crippen molar-refractivity contribution in [2.24, 2.45) is 10.2 Å². The molecule has 10 heteroatoms. The first-order valence-corrected chi connectivity index (χ1v) is 8.58. The zero-order valence-corrected chi connectivity index (χ0v) is 15.8. The van der Waals surface area contributed by atoms with Gasteiger partial charge in [-0.15, -0.1) is 5.11 Å². The van der Waals surface area contributed by atoms with Gasteiger partial charge in [-0.1, -0.05) is 11.6 Å². The Hall–Kier alpha value is -3.33. The van der Waals surface area contributed by atoms with Gasteiger partial charge in [0.05, 0.1) is 11.5 Å². The summed E-state index contributed by atoms with van der Waals surface area (Å²) in [5, 5.41) is 21.2. The predicted octanol–water partition coefficient (Wildman–Crippen LogP) is 4.33. The van der Waals surface area contributed by atoms with E-state index in [2.05, 4.69) is 15.5 Å². The van der Waals surface area contributed by atoms with Gasteiger partial charge in [0.15, 0.2) is 11.5 Å². The van der Waals surface area contributed by atoms with Gasteiger partial charge in [0.1, 0.15) is 5.75 Å². The van der Waals surface area contributed by atoms with Crippen LogP contribution in [-0.4, -0.2) is 29.3 Å². The summed E-state index contributed by atoms with van der Waals surface area (Å²) in [6.07, 6.45) is 0. The summed E-state index contributed by atoms with van der Waals surface area (Å²) in [6, 6.07) is 8.89. The minimum absolute atomic E-state index is 0.116. The van der Waals surface area contributed by atoms with E-state index in [0.29, 0.717) is 18.0 Å². The van der Waals surface area contributed by atoms with Crippen molar-refractivity contribution in [1.29, 1.82) is 0 Å². The molecule has 0 bridgehead atoms. The van der Waals surface area contributed by atoms with Gasteiger partial charge in [-0.2, -0.15) is 5.11 Å². The molecule has 0 saturated carbocycles. The summed E-state index contributed by atoms with van der Waals surface area (Å²) in [7, 11) is 0. The molecule has 0 fully saturated rings. The van der Waals surface area contributed by atoms with E-state index in [4.69, 9.17) is 16.3 Å². The third-order valence-corrected chi connectivity index (χ3v) is 3.72. The average molecular weight is 405 g/mol. The molecule has 1 atom stereocenters. The minimum Gasteiger partial charge on any atom is -0.494 e. The molecule has 146 valence electrons. The molecule has 1 amide bonds. The van der Waals surface area contributed by atoms with Gasteiger partial charge in [-0.3, -0.25) is 19.7 Å². The summed E-state index contributed by atoms with van der Waals surface area (Å²) in [5.41, 5.74) is -0.0626. The van der Waals surface area contributed by atoms with Crippen LogP contribution in [0.3, 0.4) is 0 Å². The molecule has 2 rings (SSSR count). The average Bonchev–Trinajstić information content (AvgIpc) is 2.64. The Kier molecular flexibility index (Phi) is 7.16. The van der Waals surface area contributed by atoms with E-state index in [0.717, 1.165) is 6.07 Å². The number of azo groups is 1. The normalized spacial score (nSPS) is 11.8. The van der Waals surface area contributed by atoms with Gasteiger partial charge in [-0.25, -0.2) is 0 Å². The first kappa shape index (κ1) is 21.0. The van der Waals surface area contributed by atoms with Gasteiger partial charge in [-0.05, 0) is 50.2 Å². The molecular formula is C18H17ClN4O5. The number of anilines is 1. The number of hydrogen-bond acceptors (Lipinski definition) is 7. The Morgan fingerprint density at radius 3 is 2.50 bits per heavy atom. The Bertz CT molecular complexity index is 915. The topological polar surface area (TPSA) is 123 Å². The molecule has 0 heterocycles. The number of hydrogen-bond donors (Lipinski definition) is 1. The summed E-state index contributed by atoms with van der Waals surface area (Å²) in [5.74, 6) is -0.640. The third kappa shape index (κ3) is 5.58. The van der Waals surface area contributed by atoms with Crippen LogP contribution >= 0.6 is 11.6 Å². The fourth-order valence-corrected chi connectivity index (χ4v) is 2.34. The molecular weight excluding hydrogens is 388 g/mol. The fourth-order valence-electron chi connectivity index (χ4n) is 2.18. The number of benzene rings is 2. The lowest BCUT2D eigenvalue weighted by Crippen LogP contribution is -2.31. The number of carbonyl (C=O) groups is 2.